The van der Waals surface area contributed by atoms with Crippen molar-refractivity contribution in [3.05, 3.63) is 0 Å². The summed E-state index contributed by atoms with van der Waals surface area (Å²) in [6.45, 7) is 2.62. The zero-order chi connectivity index (χ0) is 14.5. The van der Waals surface area contributed by atoms with Gasteiger partial charge in [0.15, 0.2) is 0 Å². The normalized spacial score (nSPS) is 19.5. The highest BCUT2D eigenvalue weighted by molar-refractivity contribution is 7.86. The third kappa shape index (κ3) is 5.00. The van der Waals surface area contributed by atoms with E-state index in [1.807, 2.05) is 14.1 Å². The Labute approximate surface area is 117 Å². The molecule has 0 bridgehead atoms. The fraction of sp³-hybridized carbons (Fsp3) is 1.00. The van der Waals surface area contributed by atoms with E-state index in [4.69, 9.17) is 5.11 Å². The van der Waals surface area contributed by atoms with Crippen molar-refractivity contribution in [3.8, 4) is 0 Å². The summed E-state index contributed by atoms with van der Waals surface area (Å²) in [5.74, 6) is 0.587. The molecule has 0 aromatic rings. The van der Waals surface area contributed by atoms with Crippen molar-refractivity contribution in [2.45, 2.75) is 19.3 Å². The summed E-state index contributed by atoms with van der Waals surface area (Å²) in [6.07, 6.45) is 2.32. The molecule has 1 rings (SSSR count). The van der Waals surface area contributed by atoms with Crippen molar-refractivity contribution in [1.82, 2.24) is 13.5 Å². The predicted molar refractivity (Wildman–Crippen MR) is 76.1 cm³/mol. The van der Waals surface area contributed by atoms with E-state index >= 15 is 0 Å². The second-order valence-corrected chi connectivity index (χ2v) is 7.55. The molecule has 1 N–H and O–H groups in total. The lowest BCUT2D eigenvalue weighted by Crippen LogP contribution is -2.47. The maximum absolute atomic E-state index is 12.3. The summed E-state index contributed by atoms with van der Waals surface area (Å²) in [5.41, 5.74) is 0. The molecule has 0 radical (unpaired) electrons. The fourth-order valence-corrected chi connectivity index (χ4v) is 3.87. The molecule has 19 heavy (non-hydrogen) atoms. The van der Waals surface area contributed by atoms with Crippen LogP contribution in [0.2, 0.25) is 0 Å². The van der Waals surface area contributed by atoms with Crippen LogP contribution in [-0.2, 0) is 10.2 Å². The lowest BCUT2D eigenvalue weighted by Gasteiger charge is -2.34. The molecule has 0 aromatic carbocycles. The Hall–Kier alpha value is -0.210. The zero-order valence-corrected chi connectivity index (χ0v) is 13.1. The summed E-state index contributed by atoms with van der Waals surface area (Å²) >= 11 is 0. The van der Waals surface area contributed by atoms with Gasteiger partial charge in [0.1, 0.15) is 0 Å². The number of rotatable bonds is 7. The Morgan fingerprint density at radius 2 is 1.79 bits per heavy atom. The van der Waals surface area contributed by atoms with Crippen LogP contribution in [0.5, 0.6) is 0 Å². The summed E-state index contributed by atoms with van der Waals surface area (Å²) in [5, 5.41) is 8.77. The largest absolute Gasteiger partial charge is 0.396 e. The Balaban J connectivity index is 2.49. The van der Waals surface area contributed by atoms with Crippen LogP contribution in [0.1, 0.15) is 19.3 Å². The fourth-order valence-electron chi connectivity index (χ4n) is 2.44. The van der Waals surface area contributed by atoms with Gasteiger partial charge in [-0.3, -0.25) is 0 Å². The van der Waals surface area contributed by atoms with Gasteiger partial charge < -0.3 is 10.0 Å². The highest BCUT2D eigenvalue weighted by Crippen LogP contribution is 2.21. The molecule has 7 heteroatoms. The maximum atomic E-state index is 12.3. The SMILES string of the molecule is CN(C)CC1CCN(S(=O)(=O)N(C)CCCO)CC1. The van der Waals surface area contributed by atoms with Gasteiger partial charge in [-0.05, 0) is 39.3 Å². The summed E-state index contributed by atoms with van der Waals surface area (Å²) in [7, 11) is 2.33. The van der Waals surface area contributed by atoms with Crippen molar-refractivity contribution >= 4 is 10.2 Å². The number of hydrogen-bond donors (Lipinski definition) is 1. The quantitative estimate of drug-likeness (QED) is 0.707. The van der Waals surface area contributed by atoms with E-state index in [1.54, 1.807) is 11.4 Å². The molecule has 0 aromatic heterocycles. The third-order valence-corrected chi connectivity index (χ3v) is 5.54. The molecule has 0 saturated carbocycles. The van der Waals surface area contributed by atoms with Crippen LogP contribution < -0.4 is 0 Å². The van der Waals surface area contributed by atoms with E-state index < -0.39 is 10.2 Å². The molecular formula is C12H27N3O3S. The van der Waals surface area contributed by atoms with Gasteiger partial charge in [0, 0.05) is 39.8 Å². The highest BCUT2D eigenvalue weighted by atomic mass is 32.2. The summed E-state index contributed by atoms with van der Waals surface area (Å²) < 4.78 is 27.5. The van der Waals surface area contributed by atoms with Gasteiger partial charge in [0.05, 0.1) is 0 Å². The molecule has 1 aliphatic rings. The van der Waals surface area contributed by atoms with Crippen LogP contribution >= 0.6 is 0 Å². The first-order valence-electron chi connectivity index (χ1n) is 6.85. The molecule has 1 heterocycles. The van der Waals surface area contributed by atoms with Crippen LogP contribution in [-0.4, -0.2) is 81.0 Å². The van der Waals surface area contributed by atoms with Crippen molar-refractivity contribution in [2.75, 3.05) is 53.9 Å². The molecule has 0 unspecified atom stereocenters. The van der Waals surface area contributed by atoms with Crippen molar-refractivity contribution in [1.29, 1.82) is 0 Å². The number of nitrogens with zero attached hydrogens (tertiary/aromatic N) is 3. The molecule has 114 valence electrons. The average molecular weight is 293 g/mol. The number of aliphatic hydroxyl groups excluding tert-OH is 1. The van der Waals surface area contributed by atoms with Gasteiger partial charge in [-0.2, -0.15) is 17.0 Å². The van der Waals surface area contributed by atoms with E-state index in [-0.39, 0.29) is 6.61 Å². The van der Waals surface area contributed by atoms with E-state index in [9.17, 15) is 8.42 Å². The van der Waals surface area contributed by atoms with Crippen molar-refractivity contribution in [2.24, 2.45) is 5.92 Å². The van der Waals surface area contributed by atoms with E-state index in [0.717, 1.165) is 19.4 Å². The Kier molecular flexibility index (Phi) is 6.68. The average Bonchev–Trinajstić information content (AvgIpc) is 2.35. The molecule has 0 amide bonds. The highest BCUT2D eigenvalue weighted by Gasteiger charge is 2.30. The Bertz CT molecular complexity index is 351. The minimum atomic E-state index is -3.34. The minimum absolute atomic E-state index is 0.0186. The van der Waals surface area contributed by atoms with Crippen LogP contribution in [0.3, 0.4) is 0 Å². The van der Waals surface area contributed by atoms with Crippen LogP contribution in [0.25, 0.3) is 0 Å². The summed E-state index contributed by atoms with van der Waals surface area (Å²) in [6, 6.07) is 0. The lowest BCUT2D eigenvalue weighted by molar-refractivity contribution is 0.215. The lowest BCUT2D eigenvalue weighted by atomic mass is 9.98. The number of aliphatic hydroxyl groups is 1. The van der Waals surface area contributed by atoms with Crippen molar-refractivity contribution in [3.63, 3.8) is 0 Å². The standard InChI is InChI=1S/C12H27N3O3S/c1-13(2)11-12-5-8-15(9-6-12)19(17,18)14(3)7-4-10-16/h12,16H,4-11H2,1-3H3. The molecule has 1 fully saturated rings. The number of hydrogen-bond acceptors (Lipinski definition) is 4. The van der Waals surface area contributed by atoms with E-state index in [0.29, 0.717) is 32.0 Å². The molecule has 6 nitrogen and oxygen atoms in total. The summed E-state index contributed by atoms with van der Waals surface area (Å²) in [4.78, 5) is 2.15. The van der Waals surface area contributed by atoms with Gasteiger partial charge >= 0.3 is 0 Å². The first-order chi connectivity index (χ1) is 8.87. The van der Waals surface area contributed by atoms with Crippen LogP contribution in [0.4, 0.5) is 0 Å². The monoisotopic (exact) mass is 293 g/mol. The van der Waals surface area contributed by atoms with Gasteiger partial charge in [0.25, 0.3) is 10.2 Å². The maximum Gasteiger partial charge on any atom is 0.281 e. The minimum Gasteiger partial charge on any atom is -0.396 e. The molecule has 0 aliphatic carbocycles. The van der Waals surface area contributed by atoms with Crippen LogP contribution in [0.15, 0.2) is 0 Å². The van der Waals surface area contributed by atoms with Crippen molar-refractivity contribution < 1.29 is 13.5 Å². The topological polar surface area (TPSA) is 64.1 Å². The van der Waals surface area contributed by atoms with Gasteiger partial charge in [-0.15, -0.1) is 0 Å². The van der Waals surface area contributed by atoms with Gasteiger partial charge in [-0.1, -0.05) is 0 Å². The molecular weight excluding hydrogens is 266 g/mol. The second kappa shape index (κ2) is 7.54. The first kappa shape index (κ1) is 16.8. The molecule has 1 saturated heterocycles. The van der Waals surface area contributed by atoms with E-state index in [1.165, 1.54) is 4.31 Å². The molecule has 0 spiro atoms. The predicted octanol–water partition coefficient (Wildman–Crippen LogP) is -0.181. The first-order valence-corrected chi connectivity index (χ1v) is 8.24. The van der Waals surface area contributed by atoms with Gasteiger partial charge in [0.2, 0.25) is 0 Å². The number of piperidine rings is 1. The van der Waals surface area contributed by atoms with E-state index in [2.05, 4.69) is 4.90 Å². The molecule has 1 aliphatic heterocycles. The Morgan fingerprint density at radius 1 is 1.21 bits per heavy atom. The zero-order valence-electron chi connectivity index (χ0n) is 12.2. The van der Waals surface area contributed by atoms with Crippen LogP contribution in [0, 0.1) is 5.92 Å². The second-order valence-electron chi connectivity index (χ2n) is 5.51. The van der Waals surface area contributed by atoms with Gasteiger partial charge in [-0.25, -0.2) is 0 Å². The third-order valence-electron chi connectivity index (χ3n) is 3.55. The smallest absolute Gasteiger partial charge is 0.281 e. The molecule has 0 atom stereocenters. The Morgan fingerprint density at radius 3 is 2.26 bits per heavy atom.